The average Bonchev–Trinajstić information content (AvgIpc) is 2.72. The van der Waals surface area contributed by atoms with Gasteiger partial charge in [0.15, 0.2) is 4.90 Å². The summed E-state index contributed by atoms with van der Waals surface area (Å²) in [5, 5.41) is 0. The maximum Gasteiger partial charge on any atom is 0.254 e. The number of sulfonamides is 1. The Balaban J connectivity index is 1.48. The second-order valence-electron chi connectivity index (χ2n) is 7.63. The van der Waals surface area contributed by atoms with Gasteiger partial charge in [-0.2, -0.15) is 0 Å². The quantitative estimate of drug-likeness (QED) is 0.666. The molecule has 8 nitrogen and oxygen atoms in total. The summed E-state index contributed by atoms with van der Waals surface area (Å²) in [5.41, 5.74) is 0.614. The van der Waals surface area contributed by atoms with Gasteiger partial charge in [-0.3, -0.25) is 9.59 Å². The minimum absolute atomic E-state index is 0.144. The molecule has 1 aliphatic rings. The van der Waals surface area contributed by atoms with Crippen molar-refractivity contribution in [2.45, 2.75) is 37.2 Å². The second kappa shape index (κ2) is 9.78. The molecule has 0 radical (unpaired) electrons. The monoisotopic (exact) mass is 469 g/mol. The standard InChI is InChI=1S/C21H25F2N3O5S/c1-14-12-16(13-20(28)25(14)2)31-15-7-10-26(11-8-15)19(27)6-9-24-32(29,30)21-17(22)4-3-5-18(21)23/h3-5,12-13,15,24H,6-11H2,1-2H3. The summed E-state index contributed by atoms with van der Waals surface area (Å²) in [7, 11) is -2.74. The molecule has 1 aromatic heterocycles. The highest BCUT2D eigenvalue weighted by molar-refractivity contribution is 7.89. The molecule has 1 amide bonds. The smallest absolute Gasteiger partial charge is 0.254 e. The fraction of sp³-hybridized carbons (Fsp3) is 0.429. The molecular formula is C21H25F2N3O5S. The number of piperidine rings is 1. The number of nitrogens with one attached hydrogen (secondary N) is 1. The van der Waals surface area contributed by atoms with Gasteiger partial charge in [-0.1, -0.05) is 6.07 Å². The maximum absolute atomic E-state index is 13.7. The number of halogens is 2. The molecular weight excluding hydrogens is 444 g/mol. The van der Waals surface area contributed by atoms with E-state index in [2.05, 4.69) is 4.72 Å². The highest BCUT2D eigenvalue weighted by Crippen LogP contribution is 2.20. The van der Waals surface area contributed by atoms with Gasteiger partial charge in [-0.25, -0.2) is 21.9 Å². The predicted molar refractivity (Wildman–Crippen MR) is 113 cm³/mol. The first-order valence-electron chi connectivity index (χ1n) is 10.1. The number of carbonyl (C=O) groups excluding carboxylic acids is 1. The van der Waals surface area contributed by atoms with E-state index in [1.165, 1.54) is 10.6 Å². The lowest BCUT2D eigenvalue weighted by atomic mass is 10.1. The van der Waals surface area contributed by atoms with Gasteiger partial charge < -0.3 is 14.2 Å². The van der Waals surface area contributed by atoms with E-state index in [4.69, 9.17) is 4.74 Å². The van der Waals surface area contributed by atoms with Crippen molar-refractivity contribution in [2.24, 2.45) is 7.05 Å². The molecule has 2 aromatic rings. The van der Waals surface area contributed by atoms with Crippen LogP contribution in [0.5, 0.6) is 5.75 Å². The first-order chi connectivity index (χ1) is 15.1. The van der Waals surface area contributed by atoms with E-state index in [0.717, 1.165) is 23.9 Å². The van der Waals surface area contributed by atoms with Crippen molar-refractivity contribution >= 4 is 15.9 Å². The first kappa shape index (κ1) is 23.9. The molecule has 1 saturated heterocycles. The lowest BCUT2D eigenvalue weighted by Gasteiger charge is -2.32. The van der Waals surface area contributed by atoms with Crippen molar-refractivity contribution in [2.75, 3.05) is 19.6 Å². The van der Waals surface area contributed by atoms with E-state index >= 15 is 0 Å². The van der Waals surface area contributed by atoms with Crippen LogP contribution in [-0.4, -0.2) is 49.5 Å². The molecule has 3 rings (SSSR count). The average molecular weight is 470 g/mol. The van der Waals surface area contributed by atoms with Crippen LogP contribution in [0.2, 0.25) is 0 Å². The van der Waals surface area contributed by atoms with Crippen molar-refractivity contribution in [3.05, 3.63) is 58.0 Å². The van der Waals surface area contributed by atoms with Crippen molar-refractivity contribution in [1.82, 2.24) is 14.2 Å². The Morgan fingerprint density at radius 2 is 1.81 bits per heavy atom. The van der Waals surface area contributed by atoms with Gasteiger partial charge >= 0.3 is 0 Å². The predicted octanol–water partition coefficient (Wildman–Crippen LogP) is 1.71. The van der Waals surface area contributed by atoms with Crippen LogP contribution in [0.3, 0.4) is 0 Å². The molecule has 32 heavy (non-hydrogen) atoms. The van der Waals surface area contributed by atoms with Gasteiger partial charge in [-0.05, 0) is 25.1 Å². The summed E-state index contributed by atoms with van der Waals surface area (Å²) in [5.74, 6) is -2.18. The van der Waals surface area contributed by atoms with Crippen LogP contribution in [0.25, 0.3) is 0 Å². The number of ether oxygens (including phenoxy) is 1. The molecule has 1 aliphatic heterocycles. The SMILES string of the molecule is Cc1cc(OC2CCN(C(=O)CCNS(=O)(=O)c3c(F)cccc3F)CC2)cc(=O)n1C. The molecule has 174 valence electrons. The Morgan fingerprint density at radius 3 is 2.41 bits per heavy atom. The summed E-state index contributed by atoms with van der Waals surface area (Å²) in [6.45, 7) is 2.37. The Morgan fingerprint density at radius 1 is 1.19 bits per heavy atom. The van der Waals surface area contributed by atoms with Crippen LogP contribution >= 0.6 is 0 Å². The van der Waals surface area contributed by atoms with Crippen LogP contribution in [0.15, 0.2) is 40.0 Å². The number of amides is 1. The van der Waals surface area contributed by atoms with E-state index in [1.807, 2.05) is 6.92 Å². The largest absolute Gasteiger partial charge is 0.490 e. The first-order valence-corrected chi connectivity index (χ1v) is 11.6. The van der Waals surface area contributed by atoms with Gasteiger partial charge in [0, 0.05) is 57.7 Å². The van der Waals surface area contributed by atoms with Crippen LogP contribution in [0.1, 0.15) is 25.0 Å². The van der Waals surface area contributed by atoms with Crippen LogP contribution in [0.4, 0.5) is 8.78 Å². The zero-order chi connectivity index (χ0) is 23.5. The van der Waals surface area contributed by atoms with Crippen molar-refractivity contribution < 1.29 is 26.7 Å². The number of aryl methyl sites for hydroxylation is 1. The molecule has 11 heteroatoms. The highest BCUT2D eigenvalue weighted by atomic mass is 32.2. The molecule has 0 bridgehead atoms. The molecule has 0 aliphatic carbocycles. The van der Waals surface area contributed by atoms with Crippen molar-refractivity contribution in [3.8, 4) is 5.75 Å². The maximum atomic E-state index is 13.7. The molecule has 0 spiro atoms. The zero-order valence-electron chi connectivity index (χ0n) is 17.8. The van der Waals surface area contributed by atoms with Gasteiger partial charge in [0.05, 0.1) is 0 Å². The Labute approximate surface area is 184 Å². The lowest BCUT2D eigenvalue weighted by molar-refractivity contribution is -0.132. The van der Waals surface area contributed by atoms with Crippen LogP contribution in [0, 0.1) is 18.6 Å². The van der Waals surface area contributed by atoms with Gasteiger partial charge in [0.1, 0.15) is 23.5 Å². The summed E-state index contributed by atoms with van der Waals surface area (Å²) < 4.78 is 61.2. The normalized spacial score (nSPS) is 15.1. The number of pyridine rings is 1. The molecule has 1 aromatic carbocycles. The number of hydrogen-bond donors (Lipinski definition) is 1. The van der Waals surface area contributed by atoms with Crippen LogP contribution < -0.4 is 15.0 Å². The Kier molecular flexibility index (Phi) is 7.29. The fourth-order valence-corrected chi connectivity index (χ4v) is 4.65. The minimum atomic E-state index is -4.42. The summed E-state index contributed by atoms with van der Waals surface area (Å²) >= 11 is 0. The topological polar surface area (TPSA) is 97.7 Å². The number of aromatic nitrogens is 1. The molecule has 0 saturated carbocycles. The molecule has 2 heterocycles. The third-order valence-corrected chi connectivity index (χ3v) is 6.90. The fourth-order valence-electron chi connectivity index (χ4n) is 3.48. The molecule has 1 fully saturated rings. The van der Waals surface area contributed by atoms with Crippen molar-refractivity contribution in [3.63, 3.8) is 0 Å². The number of carbonyl (C=O) groups is 1. The Bertz CT molecular complexity index is 1140. The minimum Gasteiger partial charge on any atom is -0.490 e. The van der Waals surface area contributed by atoms with Gasteiger partial charge in [-0.15, -0.1) is 0 Å². The van der Waals surface area contributed by atoms with Gasteiger partial charge in [0.25, 0.3) is 5.56 Å². The molecule has 0 unspecified atom stereocenters. The summed E-state index contributed by atoms with van der Waals surface area (Å²) in [6.07, 6.45) is 0.834. The second-order valence-corrected chi connectivity index (χ2v) is 9.33. The summed E-state index contributed by atoms with van der Waals surface area (Å²) in [4.78, 5) is 24.8. The lowest BCUT2D eigenvalue weighted by Crippen LogP contribution is -2.43. The number of likely N-dealkylation sites (tertiary alicyclic amines) is 1. The van der Waals surface area contributed by atoms with E-state index < -0.39 is 26.6 Å². The van der Waals surface area contributed by atoms with Crippen LogP contribution in [-0.2, 0) is 21.9 Å². The van der Waals surface area contributed by atoms with E-state index in [0.29, 0.717) is 31.7 Å². The molecule has 0 atom stereocenters. The third kappa shape index (κ3) is 5.52. The summed E-state index contributed by atoms with van der Waals surface area (Å²) in [6, 6.07) is 5.98. The zero-order valence-corrected chi connectivity index (χ0v) is 18.6. The van der Waals surface area contributed by atoms with Crippen molar-refractivity contribution in [1.29, 1.82) is 0 Å². The number of rotatable bonds is 7. The third-order valence-electron chi connectivity index (χ3n) is 5.39. The van der Waals surface area contributed by atoms with Gasteiger partial charge in [0.2, 0.25) is 15.9 Å². The number of benzene rings is 1. The highest BCUT2D eigenvalue weighted by Gasteiger charge is 2.26. The molecule has 1 N–H and O–H groups in total. The van der Waals surface area contributed by atoms with E-state index in [1.54, 1.807) is 18.0 Å². The number of nitrogens with zero attached hydrogens (tertiary/aromatic N) is 2. The number of hydrogen-bond acceptors (Lipinski definition) is 5. The Hall–Kier alpha value is -2.79. The van der Waals surface area contributed by atoms with E-state index in [9.17, 15) is 26.8 Å². The van der Waals surface area contributed by atoms with E-state index in [-0.39, 0.29) is 30.5 Å².